The number of nitrogens with one attached hydrogen (secondary N) is 1. The molecule has 1 heterocycles. The van der Waals surface area contributed by atoms with E-state index in [1.165, 1.54) is 0 Å². The Kier molecular flexibility index (Phi) is 5.64. The molecule has 0 aromatic heterocycles. The number of piperazine rings is 1. The molecule has 0 saturated carbocycles. The summed E-state index contributed by atoms with van der Waals surface area (Å²) in [5.41, 5.74) is 0. The highest BCUT2D eigenvalue weighted by atomic mass is 32.1. The smallest absolute Gasteiger partial charge is 0.413 e. The van der Waals surface area contributed by atoms with Crippen LogP contribution in [-0.2, 0) is 4.74 Å². The van der Waals surface area contributed by atoms with E-state index in [1.54, 1.807) is 6.92 Å². The fraction of sp³-hybridized carbons (Fsp3) is 0.818. The van der Waals surface area contributed by atoms with Gasteiger partial charge >= 0.3 is 6.09 Å². The fourth-order valence-electron chi connectivity index (χ4n) is 1.77. The highest BCUT2D eigenvalue weighted by Crippen LogP contribution is 2.05. The second-order valence-corrected chi connectivity index (χ2v) is 4.65. The fourth-order valence-corrected chi connectivity index (χ4v) is 2.04. The third-order valence-electron chi connectivity index (χ3n) is 2.82. The predicted octanol–water partition coefficient (Wildman–Crippen LogP) is 1.04. The first-order chi connectivity index (χ1) is 8.04. The molecule has 0 aliphatic carbocycles. The maximum atomic E-state index is 11.2. The molecule has 0 unspecified atom stereocenters. The molecule has 6 heteroatoms. The molecular weight excluding hydrogens is 238 g/mol. The van der Waals surface area contributed by atoms with E-state index < -0.39 is 6.09 Å². The van der Waals surface area contributed by atoms with Crippen molar-refractivity contribution >= 4 is 23.4 Å². The van der Waals surface area contributed by atoms with Crippen LogP contribution in [-0.4, -0.2) is 59.8 Å². The number of alkyl carbamates (subject to hydrolysis) is 1. The molecule has 5 nitrogen and oxygen atoms in total. The molecule has 17 heavy (non-hydrogen) atoms. The van der Waals surface area contributed by atoms with E-state index in [4.69, 9.17) is 17.0 Å². The monoisotopic (exact) mass is 259 g/mol. The molecule has 0 bridgehead atoms. The van der Waals surface area contributed by atoms with Crippen molar-refractivity contribution in [2.24, 2.45) is 0 Å². The van der Waals surface area contributed by atoms with Gasteiger partial charge in [-0.15, -0.1) is 0 Å². The van der Waals surface area contributed by atoms with E-state index in [1.807, 2.05) is 4.90 Å². The van der Waals surface area contributed by atoms with Crippen molar-refractivity contribution in [3.05, 3.63) is 0 Å². The van der Waals surface area contributed by atoms with Gasteiger partial charge < -0.3 is 9.64 Å². The molecule has 0 aromatic carbocycles. The second kappa shape index (κ2) is 6.76. The number of hydrogen-bond donors (Lipinski definition) is 1. The molecule has 0 radical (unpaired) electrons. The molecule has 1 aliphatic heterocycles. The summed E-state index contributed by atoms with van der Waals surface area (Å²) in [5.74, 6) is 0. The third kappa shape index (κ3) is 4.47. The number of carbonyl (C=O) groups is 1. The number of carbonyl (C=O) groups excluding carboxylic acids is 1. The minimum absolute atomic E-state index is 0.357. The molecule has 1 fully saturated rings. The van der Waals surface area contributed by atoms with E-state index >= 15 is 0 Å². The van der Waals surface area contributed by atoms with E-state index in [-0.39, 0.29) is 0 Å². The van der Waals surface area contributed by atoms with Crippen molar-refractivity contribution in [1.29, 1.82) is 0 Å². The van der Waals surface area contributed by atoms with Gasteiger partial charge in [-0.25, -0.2) is 4.79 Å². The van der Waals surface area contributed by atoms with Gasteiger partial charge in [0.1, 0.15) is 0 Å². The maximum absolute atomic E-state index is 11.2. The summed E-state index contributed by atoms with van der Waals surface area (Å²) in [6.07, 6.45) is -0.469. The van der Waals surface area contributed by atoms with Crippen LogP contribution in [0.1, 0.15) is 20.8 Å². The molecule has 1 rings (SSSR count). The molecule has 1 aliphatic rings. The molecule has 0 aromatic rings. The SMILES string of the molecule is CCOC(=O)NC(=S)N1CCN(C(C)C)CC1. The van der Waals surface area contributed by atoms with Crippen LogP contribution in [0.5, 0.6) is 0 Å². The van der Waals surface area contributed by atoms with Crippen LogP contribution in [0.3, 0.4) is 0 Å². The summed E-state index contributed by atoms with van der Waals surface area (Å²) < 4.78 is 4.79. The lowest BCUT2D eigenvalue weighted by molar-refractivity contribution is 0.142. The predicted molar refractivity (Wildman–Crippen MR) is 71.0 cm³/mol. The van der Waals surface area contributed by atoms with Gasteiger partial charge in [0, 0.05) is 32.2 Å². The van der Waals surface area contributed by atoms with Crippen molar-refractivity contribution in [2.75, 3.05) is 32.8 Å². The minimum atomic E-state index is -0.469. The van der Waals surface area contributed by atoms with Crippen molar-refractivity contribution in [3.8, 4) is 0 Å². The minimum Gasteiger partial charge on any atom is -0.450 e. The number of amides is 1. The van der Waals surface area contributed by atoms with Crippen LogP contribution >= 0.6 is 12.2 Å². The second-order valence-electron chi connectivity index (χ2n) is 4.27. The summed E-state index contributed by atoms with van der Waals surface area (Å²) in [4.78, 5) is 15.6. The van der Waals surface area contributed by atoms with Crippen molar-refractivity contribution < 1.29 is 9.53 Å². The summed E-state index contributed by atoms with van der Waals surface area (Å²) in [6.45, 7) is 10.1. The van der Waals surface area contributed by atoms with Gasteiger partial charge in [0.2, 0.25) is 0 Å². The summed E-state index contributed by atoms with van der Waals surface area (Å²) in [5, 5.41) is 3.04. The maximum Gasteiger partial charge on any atom is 0.413 e. The van der Waals surface area contributed by atoms with Crippen molar-refractivity contribution in [1.82, 2.24) is 15.1 Å². The molecule has 98 valence electrons. The molecule has 0 atom stereocenters. The molecule has 0 spiro atoms. The normalized spacial score (nSPS) is 17.1. The first kappa shape index (κ1) is 14.2. The lowest BCUT2D eigenvalue weighted by atomic mass is 10.2. The Morgan fingerprint density at radius 1 is 1.35 bits per heavy atom. The van der Waals surface area contributed by atoms with Gasteiger partial charge in [-0.2, -0.15) is 0 Å². The Balaban J connectivity index is 2.33. The van der Waals surface area contributed by atoms with E-state index in [0.717, 1.165) is 26.2 Å². The Morgan fingerprint density at radius 3 is 2.41 bits per heavy atom. The Morgan fingerprint density at radius 2 is 1.94 bits per heavy atom. The molecule has 1 N–H and O–H groups in total. The van der Waals surface area contributed by atoms with Crippen LogP contribution in [0, 0.1) is 0 Å². The van der Waals surface area contributed by atoms with Crippen LogP contribution in [0.2, 0.25) is 0 Å². The average molecular weight is 259 g/mol. The van der Waals surface area contributed by atoms with E-state index in [9.17, 15) is 4.79 Å². The Hall–Kier alpha value is -0.880. The first-order valence-electron chi connectivity index (χ1n) is 6.01. The number of ether oxygens (including phenoxy) is 1. The number of thiocarbonyl (C=S) groups is 1. The highest BCUT2D eigenvalue weighted by Gasteiger charge is 2.21. The summed E-state index contributed by atoms with van der Waals surface area (Å²) in [7, 11) is 0. The zero-order valence-electron chi connectivity index (χ0n) is 10.7. The molecule has 1 saturated heterocycles. The lowest BCUT2D eigenvalue weighted by Gasteiger charge is -2.37. The summed E-state index contributed by atoms with van der Waals surface area (Å²) >= 11 is 5.16. The Labute approximate surface area is 108 Å². The van der Waals surface area contributed by atoms with Gasteiger partial charge in [-0.1, -0.05) is 0 Å². The number of nitrogens with zero attached hydrogens (tertiary/aromatic N) is 2. The average Bonchev–Trinajstić information content (AvgIpc) is 2.29. The largest absolute Gasteiger partial charge is 0.450 e. The quantitative estimate of drug-likeness (QED) is 0.751. The van der Waals surface area contributed by atoms with E-state index in [0.29, 0.717) is 17.8 Å². The van der Waals surface area contributed by atoms with Gasteiger partial charge in [0.05, 0.1) is 6.61 Å². The van der Waals surface area contributed by atoms with Gasteiger partial charge in [-0.3, -0.25) is 10.2 Å². The molecular formula is C11H21N3O2S. The van der Waals surface area contributed by atoms with E-state index in [2.05, 4.69) is 24.1 Å². The zero-order valence-corrected chi connectivity index (χ0v) is 11.5. The topological polar surface area (TPSA) is 44.8 Å². The van der Waals surface area contributed by atoms with Crippen molar-refractivity contribution in [2.45, 2.75) is 26.8 Å². The van der Waals surface area contributed by atoms with Gasteiger partial charge in [0.15, 0.2) is 5.11 Å². The van der Waals surface area contributed by atoms with Crippen LogP contribution in [0.15, 0.2) is 0 Å². The van der Waals surface area contributed by atoms with Crippen LogP contribution < -0.4 is 5.32 Å². The third-order valence-corrected chi connectivity index (χ3v) is 3.18. The lowest BCUT2D eigenvalue weighted by Crippen LogP contribution is -2.54. The number of rotatable bonds is 2. The van der Waals surface area contributed by atoms with Gasteiger partial charge in [-0.05, 0) is 33.0 Å². The first-order valence-corrected chi connectivity index (χ1v) is 6.42. The van der Waals surface area contributed by atoms with Gasteiger partial charge in [0.25, 0.3) is 0 Å². The number of hydrogen-bond acceptors (Lipinski definition) is 4. The standard InChI is InChI=1S/C11H21N3O2S/c1-4-16-11(15)12-10(17)14-7-5-13(6-8-14)9(2)3/h9H,4-8H2,1-3H3,(H,12,15,17). The highest BCUT2D eigenvalue weighted by molar-refractivity contribution is 7.80. The zero-order chi connectivity index (χ0) is 12.8. The summed E-state index contributed by atoms with van der Waals surface area (Å²) in [6, 6.07) is 0.559. The van der Waals surface area contributed by atoms with Crippen LogP contribution in [0.25, 0.3) is 0 Å². The van der Waals surface area contributed by atoms with Crippen molar-refractivity contribution in [3.63, 3.8) is 0 Å². The Bertz CT molecular complexity index is 276. The van der Waals surface area contributed by atoms with Crippen LogP contribution in [0.4, 0.5) is 4.79 Å². The molecule has 1 amide bonds.